The molecule has 2 atom stereocenters. The highest BCUT2D eigenvalue weighted by molar-refractivity contribution is 5.97. The Bertz CT molecular complexity index is 727. The van der Waals surface area contributed by atoms with Crippen LogP contribution in [0.15, 0.2) is 48.5 Å². The number of hydrogen-bond donors (Lipinski definition) is 3. The van der Waals surface area contributed by atoms with Gasteiger partial charge < -0.3 is 15.5 Å². The molecule has 2 unspecified atom stereocenters. The first-order chi connectivity index (χ1) is 10.6. The maximum Gasteiger partial charge on any atom is 0.339 e. The fourth-order valence-corrected chi connectivity index (χ4v) is 2.57. The minimum Gasteiger partial charge on any atom is -0.507 e. The summed E-state index contributed by atoms with van der Waals surface area (Å²) in [6, 6.07) is 13.8. The van der Waals surface area contributed by atoms with Crippen molar-refractivity contribution in [1.82, 2.24) is 0 Å². The van der Waals surface area contributed by atoms with E-state index in [1.54, 1.807) is 0 Å². The minimum absolute atomic E-state index is 0.0931. The SMILES string of the molecule is O=C(O)c1cc(NC(=O)C2CC2c2ccccc2)ccc1O. The average Bonchev–Trinajstić information content (AvgIpc) is 3.30. The van der Waals surface area contributed by atoms with Gasteiger partial charge >= 0.3 is 5.97 Å². The normalized spacial score (nSPS) is 19.5. The van der Waals surface area contributed by atoms with E-state index in [-0.39, 0.29) is 29.1 Å². The molecule has 1 aliphatic carbocycles. The summed E-state index contributed by atoms with van der Waals surface area (Å²) in [6.07, 6.45) is 0.791. The van der Waals surface area contributed by atoms with Crippen molar-refractivity contribution in [3.8, 4) is 5.75 Å². The summed E-state index contributed by atoms with van der Waals surface area (Å²) in [5.74, 6) is -1.56. The maximum atomic E-state index is 12.2. The molecule has 3 rings (SSSR count). The van der Waals surface area contributed by atoms with E-state index in [1.807, 2.05) is 30.3 Å². The van der Waals surface area contributed by atoms with Crippen LogP contribution >= 0.6 is 0 Å². The Balaban J connectivity index is 1.69. The molecular weight excluding hydrogens is 282 g/mol. The Morgan fingerprint density at radius 3 is 2.50 bits per heavy atom. The Hall–Kier alpha value is -2.82. The van der Waals surface area contributed by atoms with Crippen LogP contribution in [0.4, 0.5) is 5.69 Å². The van der Waals surface area contributed by atoms with Crippen molar-refractivity contribution in [2.24, 2.45) is 5.92 Å². The fraction of sp³-hybridized carbons (Fsp3) is 0.176. The summed E-state index contributed by atoms with van der Waals surface area (Å²) < 4.78 is 0. The molecule has 0 heterocycles. The van der Waals surface area contributed by atoms with E-state index in [2.05, 4.69) is 5.32 Å². The summed E-state index contributed by atoms with van der Waals surface area (Å²) in [7, 11) is 0. The van der Waals surface area contributed by atoms with Crippen molar-refractivity contribution in [2.75, 3.05) is 5.32 Å². The van der Waals surface area contributed by atoms with Crippen LogP contribution in [-0.2, 0) is 4.79 Å². The number of carbonyl (C=O) groups is 2. The van der Waals surface area contributed by atoms with Gasteiger partial charge in [0.05, 0.1) is 0 Å². The van der Waals surface area contributed by atoms with Crippen LogP contribution in [0, 0.1) is 5.92 Å². The van der Waals surface area contributed by atoms with Crippen molar-refractivity contribution in [3.63, 3.8) is 0 Å². The summed E-state index contributed by atoms with van der Waals surface area (Å²) in [6.45, 7) is 0. The molecule has 3 N–H and O–H groups in total. The molecule has 0 radical (unpaired) electrons. The van der Waals surface area contributed by atoms with Crippen LogP contribution in [0.3, 0.4) is 0 Å². The van der Waals surface area contributed by atoms with E-state index in [1.165, 1.54) is 18.2 Å². The number of anilines is 1. The van der Waals surface area contributed by atoms with Gasteiger partial charge in [-0.2, -0.15) is 0 Å². The molecule has 2 aromatic carbocycles. The predicted molar refractivity (Wildman–Crippen MR) is 81.0 cm³/mol. The van der Waals surface area contributed by atoms with E-state index in [0.29, 0.717) is 5.69 Å². The maximum absolute atomic E-state index is 12.2. The molecule has 0 bridgehead atoms. The number of aromatic hydroxyl groups is 1. The molecule has 112 valence electrons. The number of nitrogens with one attached hydrogen (secondary N) is 1. The van der Waals surface area contributed by atoms with Crippen LogP contribution in [0.25, 0.3) is 0 Å². The van der Waals surface area contributed by atoms with Gasteiger partial charge in [0.2, 0.25) is 5.91 Å². The van der Waals surface area contributed by atoms with Gasteiger partial charge in [-0.3, -0.25) is 4.79 Å². The number of carboxylic acid groups (broad SMARTS) is 1. The molecular formula is C17H15NO4. The van der Waals surface area contributed by atoms with Crippen molar-refractivity contribution in [3.05, 3.63) is 59.7 Å². The van der Waals surface area contributed by atoms with E-state index in [4.69, 9.17) is 5.11 Å². The van der Waals surface area contributed by atoms with Gasteiger partial charge in [-0.15, -0.1) is 0 Å². The predicted octanol–water partition coefficient (Wildman–Crippen LogP) is 2.83. The standard InChI is InChI=1S/C17H15NO4/c19-15-7-6-11(8-14(15)17(21)22)18-16(20)13-9-12(13)10-4-2-1-3-5-10/h1-8,12-13,19H,9H2,(H,18,20)(H,21,22). The number of carboxylic acids is 1. The van der Waals surface area contributed by atoms with Gasteiger partial charge in [-0.05, 0) is 36.1 Å². The zero-order valence-electron chi connectivity index (χ0n) is 11.7. The lowest BCUT2D eigenvalue weighted by molar-refractivity contribution is -0.117. The molecule has 0 spiro atoms. The van der Waals surface area contributed by atoms with Gasteiger partial charge in [0.15, 0.2) is 0 Å². The van der Waals surface area contributed by atoms with Crippen molar-refractivity contribution >= 4 is 17.6 Å². The quantitative estimate of drug-likeness (QED) is 0.757. The molecule has 1 amide bonds. The minimum atomic E-state index is -1.23. The Kier molecular flexibility index (Phi) is 3.55. The lowest BCUT2D eigenvalue weighted by Crippen LogP contribution is -2.15. The highest BCUT2D eigenvalue weighted by Crippen LogP contribution is 2.47. The smallest absolute Gasteiger partial charge is 0.339 e. The van der Waals surface area contributed by atoms with E-state index in [0.717, 1.165) is 12.0 Å². The largest absolute Gasteiger partial charge is 0.507 e. The molecule has 1 fully saturated rings. The number of rotatable bonds is 4. The molecule has 0 saturated heterocycles. The topological polar surface area (TPSA) is 86.6 Å². The first-order valence-corrected chi connectivity index (χ1v) is 6.98. The van der Waals surface area contributed by atoms with Crippen LogP contribution in [0.2, 0.25) is 0 Å². The Morgan fingerprint density at radius 1 is 1.09 bits per heavy atom. The number of benzene rings is 2. The van der Waals surface area contributed by atoms with Crippen molar-refractivity contribution in [2.45, 2.75) is 12.3 Å². The second kappa shape index (κ2) is 5.52. The van der Waals surface area contributed by atoms with Crippen LogP contribution in [0.1, 0.15) is 28.3 Å². The molecule has 1 aliphatic rings. The zero-order valence-corrected chi connectivity index (χ0v) is 11.7. The average molecular weight is 297 g/mol. The highest BCUT2D eigenvalue weighted by Gasteiger charge is 2.43. The number of hydrogen-bond acceptors (Lipinski definition) is 3. The third kappa shape index (κ3) is 2.79. The van der Waals surface area contributed by atoms with Crippen LogP contribution < -0.4 is 5.32 Å². The number of aromatic carboxylic acids is 1. The third-order valence-corrected chi connectivity index (χ3v) is 3.85. The molecule has 1 saturated carbocycles. The van der Waals surface area contributed by atoms with Gasteiger partial charge in [-0.1, -0.05) is 30.3 Å². The number of amides is 1. The summed E-state index contributed by atoms with van der Waals surface area (Å²) in [5.41, 5.74) is 1.28. The summed E-state index contributed by atoms with van der Waals surface area (Å²) >= 11 is 0. The fourth-order valence-electron chi connectivity index (χ4n) is 2.57. The van der Waals surface area contributed by atoms with E-state index >= 15 is 0 Å². The third-order valence-electron chi connectivity index (χ3n) is 3.85. The second-order valence-electron chi connectivity index (χ2n) is 5.39. The van der Waals surface area contributed by atoms with Gasteiger partial charge in [-0.25, -0.2) is 4.79 Å². The molecule has 5 heteroatoms. The van der Waals surface area contributed by atoms with E-state index < -0.39 is 5.97 Å². The molecule has 0 aliphatic heterocycles. The summed E-state index contributed by atoms with van der Waals surface area (Å²) in [5, 5.41) is 21.1. The van der Waals surface area contributed by atoms with E-state index in [9.17, 15) is 14.7 Å². The van der Waals surface area contributed by atoms with Crippen LogP contribution in [-0.4, -0.2) is 22.1 Å². The van der Waals surface area contributed by atoms with Gasteiger partial charge in [0.25, 0.3) is 0 Å². The van der Waals surface area contributed by atoms with Crippen LogP contribution in [0.5, 0.6) is 5.75 Å². The number of phenols is 1. The molecule has 2 aromatic rings. The second-order valence-corrected chi connectivity index (χ2v) is 5.39. The molecule has 22 heavy (non-hydrogen) atoms. The summed E-state index contributed by atoms with van der Waals surface area (Å²) in [4.78, 5) is 23.2. The number of carbonyl (C=O) groups excluding carboxylic acids is 1. The first-order valence-electron chi connectivity index (χ1n) is 6.98. The van der Waals surface area contributed by atoms with Gasteiger partial charge in [0, 0.05) is 11.6 Å². The molecule has 0 aromatic heterocycles. The lowest BCUT2D eigenvalue weighted by atomic mass is 10.1. The Morgan fingerprint density at radius 2 is 1.82 bits per heavy atom. The van der Waals surface area contributed by atoms with Crippen molar-refractivity contribution in [1.29, 1.82) is 0 Å². The first kappa shape index (κ1) is 14.1. The monoisotopic (exact) mass is 297 g/mol. The Labute approximate surface area is 127 Å². The highest BCUT2D eigenvalue weighted by atomic mass is 16.4. The molecule has 5 nitrogen and oxygen atoms in total. The lowest BCUT2D eigenvalue weighted by Gasteiger charge is -2.07. The van der Waals surface area contributed by atoms with Gasteiger partial charge in [0.1, 0.15) is 11.3 Å². The van der Waals surface area contributed by atoms with Crippen molar-refractivity contribution < 1.29 is 19.8 Å². The zero-order chi connectivity index (χ0) is 15.7.